The van der Waals surface area contributed by atoms with Gasteiger partial charge in [0.15, 0.2) is 0 Å². The highest BCUT2D eigenvalue weighted by Gasteiger charge is 2.19. The average Bonchev–Trinajstić information content (AvgIpc) is 2.87. The van der Waals surface area contributed by atoms with Crippen LogP contribution < -0.4 is 4.90 Å². The van der Waals surface area contributed by atoms with Gasteiger partial charge in [0.25, 0.3) is 0 Å². The Morgan fingerprint density at radius 3 is 1.28 bits per heavy atom. The van der Waals surface area contributed by atoms with Gasteiger partial charge in [-0.1, -0.05) is 113 Å². The van der Waals surface area contributed by atoms with Crippen molar-refractivity contribution in [1.82, 2.24) is 0 Å². The molecule has 0 aliphatic rings. The number of rotatable bonds is 5. The summed E-state index contributed by atoms with van der Waals surface area (Å²) in [6.45, 7) is 0. The fraction of sp³-hybridized carbons (Fsp3) is 0. The number of hydrogen-bond acceptors (Lipinski definition) is 1. The van der Waals surface area contributed by atoms with Crippen molar-refractivity contribution in [3.05, 3.63) is 138 Å². The highest BCUT2D eigenvalue weighted by Crippen LogP contribution is 2.44. The first-order valence-electron chi connectivity index (χ1n) is 10.7. The van der Waals surface area contributed by atoms with E-state index in [-0.39, 0.29) is 0 Å². The number of anilines is 3. The second-order valence-electron chi connectivity index (χ2n) is 7.58. The lowest BCUT2D eigenvalue weighted by molar-refractivity contribution is 1.28. The summed E-state index contributed by atoms with van der Waals surface area (Å²) < 4.78 is 1.06. The van der Waals surface area contributed by atoms with E-state index in [2.05, 4.69) is 154 Å². The summed E-state index contributed by atoms with van der Waals surface area (Å²) in [4.78, 5) is 2.36. The minimum absolute atomic E-state index is 1.06. The molecule has 0 spiro atoms. The summed E-state index contributed by atoms with van der Waals surface area (Å²) in [6, 6.07) is 46.9. The molecule has 0 saturated heterocycles. The van der Waals surface area contributed by atoms with Gasteiger partial charge < -0.3 is 4.90 Å². The fourth-order valence-electron chi connectivity index (χ4n) is 4.06. The van der Waals surface area contributed by atoms with E-state index in [4.69, 9.17) is 0 Å². The maximum atomic E-state index is 3.59. The molecule has 5 aromatic rings. The third kappa shape index (κ3) is 4.10. The molecular formula is C30H22BrN. The minimum Gasteiger partial charge on any atom is -0.309 e. The molecular weight excluding hydrogens is 454 g/mol. The first kappa shape index (κ1) is 20.3. The molecule has 154 valence electrons. The summed E-state index contributed by atoms with van der Waals surface area (Å²) in [5, 5.41) is 0. The normalized spacial score (nSPS) is 10.7. The average molecular weight is 476 g/mol. The lowest BCUT2D eigenvalue weighted by Gasteiger charge is -2.30. The molecule has 32 heavy (non-hydrogen) atoms. The van der Waals surface area contributed by atoms with Crippen molar-refractivity contribution < 1.29 is 0 Å². The molecule has 0 unspecified atom stereocenters. The second kappa shape index (κ2) is 9.25. The Bertz CT molecular complexity index is 1230. The van der Waals surface area contributed by atoms with Crippen LogP contribution in [0.25, 0.3) is 22.3 Å². The van der Waals surface area contributed by atoms with Crippen molar-refractivity contribution >= 4 is 33.0 Å². The topological polar surface area (TPSA) is 3.24 Å². The number of hydrogen-bond donors (Lipinski definition) is 0. The Morgan fingerprint density at radius 1 is 0.406 bits per heavy atom. The Labute approximate surface area is 197 Å². The van der Waals surface area contributed by atoms with Crippen molar-refractivity contribution in [2.24, 2.45) is 0 Å². The monoisotopic (exact) mass is 475 g/mol. The van der Waals surface area contributed by atoms with E-state index in [0.717, 1.165) is 21.5 Å². The molecule has 0 atom stereocenters. The molecule has 0 bridgehead atoms. The summed E-state index contributed by atoms with van der Waals surface area (Å²) >= 11 is 3.59. The standard InChI is InChI=1S/C30H22BrN/c31-25-19-21-26(22-20-25)32(29-17-9-7-15-27(29)23-11-3-1-4-12-23)30-18-10-8-16-28(30)24-13-5-2-6-14-24/h1-22H. The van der Waals surface area contributed by atoms with Crippen LogP contribution in [0.4, 0.5) is 17.1 Å². The van der Waals surface area contributed by atoms with Crippen LogP contribution in [0.15, 0.2) is 138 Å². The van der Waals surface area contributed by atoms with Gasteiger partial charge in [0.2, 0.25) is 0 Å². The molecule has 0 aliphatic heterocycles. The van der Waals surface area contributed by atoms with Crippen LogP contribution >= 0.6 is 15.9 Å². The van der Waals surface area contributed by atoms with Gasteiger partial charge in [0, 0.05) is 21.3 Å². The molecule has 0 aromatic heterocycles. The highest BCUT2D eigenvalue weighted by molar-refractivity contribution is 9.10. The van der Waals surface area contributed by atoms with Gasteiger partial charge in [-0.3, -0.25) is 0 Å². The molecule has 5 rings (SSSR count). The van der Waals surface area contributed by atoms with E-state index in [9.17, 15) is 0 Å². The Balaban J connectivity index is 1.77. The molecule has 0 N–H and O–H groups in total. The quantitative estimate of drug-likeness (QED) is 0.244. The van der Waals surface area contributed by atoms with Crippen molar-refractivity contribution in [3.63, 3.8) is 0 Å². The smallest absolute Gasteiger partial charge is 0.0540 e. The van der Waals surface area contributed by atoms with Crippen LogP contribution in [0.5, 0.6) is 0 Å². The summed E-state index contributed by atoms with van der Waals surface area (Å²) in [6.07, 6.45) is 0. The van der Waals surface area contributed by atoms with E-state index in [1.165, 1.54) is 22.3 Å². The Morgan fingerprint density at radius 2 is 0.812 bits per heavy atom. The zero-order valence-corrected chi connectivity index (χ0v) is 19.1. The van der Waals surface area contributed by atoms with Crippen LogP contribution in [0.3, 0.4) is 0 Å². The molecule has 0 amide bonds. The zero-order chi connectivity index (χ0) is 21.8. The van der Waals surface area contributed by atoms with E-state index >= 15 is 0 Å². The summed E-state index contributed by atoms with van der Waals surface area (Å²) in [7, 11) is 0. The van der Waals surface area contributed by atoms with Crippen LogP contribution in [0.1, 0.15) is 0 Å². The molecule has 1 nitrogen and oxygen atoms in total. The Hall–Kier alpha value is -3.62. The molecule has 0 saturated carbocycles. The van der Waals surface area contributed by atoms with Gasteiger partial charge in [0.1, 0.15) is 0 Å². The largest absolute Gasteiger partial charge is 0.309 e. The number of benzene rings is 5. The van der Waals surface area contributed by atoms with Gasteiger partial charge in [-0.2, -0.15) is 0 Å². The number of para-hydroxylation sites is 2. The van der Waals surface area contributed by atoms with Gasteiger partial charge in [-0.05, 0) is 47.5 Å². The summed E-state index contributed by atoms with van der Waals surface area (Å²) in [5.41, 5.74) is 8.18. The molecule has 2 heteroatoms. The predicted molar refractivity (Wildman–Crippen MR) is 140 cm³/mol. The lowest BCUT2D eigenvalue weighted by atomic mass is 9.99. The van der Waals surface area contributed by atoms with Crippen LogP contribution in [-0.4, -0.2) is 0 Å². The SMILES string of the molecule is Brc1ccc(N(c2ccccc2-c2ccccc2)c2ccccc2-c2ccccc2)cc1. The third-order valence-corrected chi connectivity index (χ3v) is 6.07. The zero-order valence-electron chi connectivity index (χ0n) is 17.5. The van der Waals surface area contributed by atoms with Gasteiger partial charge >= 0.3 is 0 Å². The van der Waals surface area contributed by atoms with Crippen molar-refractivity contribution in [2.45, 2.75) is 0 Å². The maximum absolute atomic E-state index is 3.59. The number of nitrogens with zero attached hydrogens (tertiary/aromatic N) is 1. The van der Waals surface area contributed by atoms with E-state index in [1.54, 1.807) is 0 Å². The van der Waals surface area contributed by atoms with Gasteiger partial charge in [-0.25, -0.2) is 0 Å². The minimum atomic E-state index is 1.06. The van der Waals surface area contributed by atoms with Gasteiger partial charge in [0.05, 0.1) is 11.4 Å². The third-order valence-electron chi connectivity index (χ3n) is 5.54. The van der Waals surface area contributed by atoms with E-state index in [0.29, 0.717) is 0 Å². The van der Waals surface area contributed by atoms with Crippen LogP contribution in [0.2, 0.25) is 0 Å². The molecule has 5 aromatic carbocycles. The molecule has 0 fully saturated rings. The first-order valence-corrected chi connectivity index (χ1v) is 11.5. The fourth-order valence-corrected chi connectivity index (χ4v) is 4.32. The maximum Gasteiger partial charge on any atom is 0.0540 e. The molecule has 0 radical (unpaired) electrons. The van der Waals surface area contributed by atoms with E-state index in [1.807, 2.05) is 0 Å². The van der Waals surface area contributed by atoms with Crippen LogP contribution in [0, 0.1) is 0 Å². The van der Waals surface area contributed by atoms with Crippen LogP contribution in [-0.2, 0) is 0 Å². The van der Waals surface area contributed by atoms with Gasteiger partial charge in [-0.15, -0.1) is 0 Å². The molecule has 0 aliphatic carbocycles. The molecule has 0 heterocycles. The Kier molecular flexibility index (Phi) is 5.87. The first-order chi connectivity index (χ1) is 15.8. The summed E-state index contributed by atoms with van der Waals surface area (Å²) in [5.74, 6) is 0. The predicted octanol–water partition coefficient (Wildman–Crippen LogP) is 9.25. The van der Waals surface area contributed by atoms with Crippen molar-refractivity contribution in [3.8, 4) is 22.3 Å². The van der Waals surface area contributed by atoms with Crippen molar-refractivity contribution in [2.75, 3.05) is 4.90 Å². The van der Waals surface area contributed by atoms with Crippen molar-refractivity contribution in [1.29, 1.82) is 0 Å². The van der Waals surface area contributed by atoms with E-state index < -0.39 is 0 Å². The number of halogens is 1. The lowest BCUT2D eigenvalue weighted by Crippen LogP contribution is -2.12. The second-order valence-corrected chi connectivity index (χ2v) is 8.49. The highest BCUT2D eigenvalue weighted by atomic mass is 79.9.